The first-order valence-electron chi connectivity index (χ1n) is 5.18. The monoisotopic (exact) mass is 362 g/mol. The van der Waals surface area contributed by atoms with E-state index in [-0.39, 0.29) is 5.75 Å². The van der Waals surface area contributed by atoms with Crippen LogP contribution in [0.25, 0.3) is 0 Å². The Morgan fingerprint density at radius 2 is 1.71 bits per heavy atom. The van der Waals surface area contributed by atoms with E-state index in [1.807, 2.05) is 19.1 Å². The summed E-state index contributed by atoms with van der Waals surface area (Å²) in [6.07, 6.45) is 4.66. The van der Waals surface area contributed by atoms with Gasteiger partial charge in [0.25, 0.3) is 0 Å². The maximum atomic E-state index is 9.61. The lowest BCUT2D eigenvalue weighted by atomic mass is 10.1. The van der Waals surface area contributed by atoms with Gasteiger partial charge in [-0.05, 0) is 56.0 Å². The Morgan fingerprint density at radius 3 is 2.24 bits per heavy atom. The number of benzene rings is 1. The number of hydrogen-bond acceptors (Lipinski definition) is 3. The van der Waals surface area contributed by atoms with Gasteiger partial charge in [0.05, 0.1) is 8.95 Å². The summed E-state index contributed by atoms with van der Waals surface area (Å²) in [6.45, 7) is 1.90. The van der Waals surface area contributed by atoms with Gasteiger partial charge in [0.2, 0.25) is 5.79 Å². The Hall–Kier alpha value is -0.680. The molecule has 1 aromatic carbocycles. The molecular weight excluding hydrogens is 352 g/mol. The van der Waals surface area contributed by atoms with Crippen LogP contribution in [0.2, 0.25) is 0 Å². The highest BCUT2D eigenvalue weighted by atomic mass is 79.9. The number of halogens is 2. The molecule has 1 N–H and O–H groups in total. The Kier molecular flexibility index (Phi) is 3.68. The Morgan fingerprint density at radius 1 is 1.18 bits per heavy atom. The molecule has 1 aromatic rings. The van der Waals surface area contributed by atoms with Gasteiger partial charge in [0, 0.05) is 13.3 Å². The molecule has 0 bridgehead atoms. The van der Waals surface area contributed by atoms with Gasteiger partial charge in [-0.2, -0.15) is 0 Å². The molecule has 1 heterocycles. The van der Waals surface area contributed by atoms with Crippen molar-refractivity contribution in [3.05, 3.63) is 39.2 Å². The molecule has 2 rings (SSSR count). The fourth-order valence-corrected chi connectivity index (χ4v) is 2.90. The maximum Gasteiger partial charge on any atom is 0.247 e. The Balaban J connectivity index is 2.04. The number of aromatic hydroxyl groups is 1. The number of ether oxygens (including phenoxy) is 2. The molecule has 0 amide bonds. The summed E-state index contributed by atoms with van der Waals surface area (Å²) in [5, 5.41) is 9.61. The van der Waals surface area contributed by atoms with Crippen molar-refractivity contribution in [2.24, 2.45) is 0 Å². The summed E-state index contributed by atoms with van der Waals surface area (Å²) in [5.74, 6) is -0.355. The van der Waals surface area contributed by atoms with E-state index in [1.165, 1.54) is 0 Å². The number of phenolic OH excluding ortho intramolecular Hbond substituents is 1. The molecule has 92 valence electrons. The minimum absolute atomic E-state index is 0.218. The molecule has 0 aromatic heterocycles. The summed E-state index contributed by atoms with van der Waals surface area (Å²) < 4.78 is 12.1. The molecule has 0 radical (unpaired) electrons. The van der Waals surface area contributed by atoms with Crippen molar-refractivity contribution in [2.45, 2.75) is 25.6 Å². The average molecular weight is 364 g/mol. The van der Waals surface area contributed by atoms with Gasteiger partial charge in [-0.1, -0.05) is 0 Å². The fourth-order valence-electron chi connectivity index (χ4n) is 1.62. The molecule has 0 saturated heterocycles. The lowest BCUT2D eigenvalue weighted by Crippen LogP contribution is -2.25. The van der Waals surface area contributed by atoms with Crippen LogP contribution in [0, 0.1) is 0 Å². The first kappa shape index (κ1) is 12.8. The van der Waals surface area contributed by atoms with Crippen LogP contribution < -0.4 is 0 Å². The third-order valence-electron chi connectivity index (χ3n) is 2.63. The van der Waals surface area contributed by atoms with Gasteiger partial charge in [-0.25, -0.2) is 0 Å². The first-order valence-corrected chi connectivity index (χ1v) is 6.76. The van der Waals surface area contributed by atoms with Crippen LogP contribution in [0.4, 0.5) is 0 Å². The Labute approximate surface area is 117 Å². The van der Waals surface area contributed by atoms with Gasteiger partial charge < -0.3 is 14.6 Å². The number of phenols is 1. The van der Waals surface area contributed by atoms with Crippen molar-refractivity contribution in [2.75, 3.05) is 0 Å². The third kappa shape index (κ3) is 2.96. The van der Waals surface area contributed by atoms with Crippen molar-refractivity contribution >= 4 is 31.9 Å². The van der Waals surface area contributed by atoms with E-state index < -0.39 is 5.79 Å². The third-order valence-corrected chi connectivity index (χ3v) is 3.84. The van der Waals surface area contributed by atoms with Crippen molar-refractivity contribution in [3.8, 4) is 5.75 Å². The number of rotatable bonds is 3. The van der Waals surface area contributed by atoms with Crippen LogP contribution in [-0.2, 0) is 15.9 Å². The highest BCUT2D eigenvalue weighted by Crippen LogP contribution is 2.34. The van der Waals surface area contributed by atoms with E-state index in [1.54, 1.807) is 12.5 Å². The second kappa shape index (κ2) is 4.90. The quantitative estimate of drug-likeness (QED) is 0.879. The molecule has 0 spiro atoms. The molecule has 0 fully saturated rings. The summed E-state index contributed by atoms with van der Waals surface area (Å²) in [5.41, 5.74) is 1.10. The van der Waals surface area contributed by atoms with E-state index in [4.69, 9.17) is 9.47 Å². The molecule has 1 aliphatic rings. The van der Waals surface area contributed by atoms with E-state index in [0.717, 1.165) is 18.4 Å². The molecule has 17 heavy (non-hydrogen) atoms. The van der Waals surface area contributed by atoms with E-state index in [0.29, 0.717) is 8.95 Å². The van der Waals surface area contributed by atoms with E-state index in [2.05, 4.69) is 31.9 Å². The van der Waals surface area contributed by atoms with Crippen molar-refractivity contribution in [1.29, 1.82) is 0 Å². The molecular formula is C12H12Br2O3. The van der Waals surface area contributed by atoms with Gasteiger partial charge in [-0.15, -0.1) is 0 Å². The predicted octanol–water partition coefficient (Wildman–Crippen LogP) is 4.08. The summed E-state index contributed by atoms with van der Waals surface area (Å²) >= 11 is 6.62. The zero-order valence-corrected chi connectivity index (χ0v) is 12.4. The van der Waals surface area contributed by atoms with Crippen LogP contribution in [0.5, 0.6) is 5.75 Å². The predicted molar refractivity (Wildman–Crippen MR) is 71.5 cm³/mol. The Bertz CT molecular complexity index is 426. The van der Waals surface area contributed by atoms with E-state index >= 15 is 0 Å². The van der Waals surface area contributed by atoms with Crippen LogP contribution in [0.15, 0.2) is 33.6 Å². The topological polar surface area (TPSA) is 38.7 Å². The summed E-state index contributed by atoms with van der Waals surface area (Å²) in [4.78, 5) is 0. The first-order chi connectivity index (χ1) is 8.00. The highest BCUT2D eigenvalue weighted by Gasteiger charge is 2.28. The second-order valence-corrected chi connectivity index (χ2v) is 5.76. The zero-order chi connectivity index (χ0) is 12.5. The summed E-state index contributed by atoms with van der Waals surface area (Å²) in [6, 6.07) is 3.79. The molecule has 1 aliphatic heterocycles. The van der Waals surface area contributed by atoms with Crippen LogP contribution in [-0.4, -0.2) is 10.9 Å². The molecule has 0 atom stereocenters. The molecule has 0 aliphatic carbocycles. The van der Waals surface area contributed by atoms with Crippen molar-refractivity contribution < 1.29 is 14.6 Å². The molecule has 0 unspecified atom stereocenters. The van der Waals surface area contributed by atoms with E-state index in [9.17, 15) is 5.11 Å². The van der Waals surface area contributed by atoms with Gasteiger partial charge in [0.1, 0.15) is 18.3 Å². The average Bonchev–Trinajstić information content (AvgIpc) is 2.71. The minimum atomic E-state index is -0.573. The number of hydrogen-bond donors (Lipinski definition) is 1. The SMILES string of the molecule is CC1(CCc2cc(Br)c(O)c(Br)c2)OC=CO1. The zero-order valence-electron chi connectivity index (χ0n) is 9.24. The molecule has 3 nitrogen and oxygen atoms in total. The maximum absolute atomic E-state index is 9.61. The largest absolute Gasteiger partial charge is 0.506 e. The summed E-state index contributed by atoms with van der Waals surface area (Å²) in [7, 11) is 0. The van der Waals surface area contributed by atoms with Crippen LogP contribution >= 0.6 is 31.9 Å². The van der Waals surface area contributed by atoms with Crippen molar-refractivity contribution in [3.63, 3.8) is 0 Å². The van der Waals surface area contributed by atoms with Gasteiger partial charge >= 0.3 is 0 Å². The minimum Gasteiger partial charge on any atom is -0.506 e. The number of aryl methyl sites for hydroxylation is 1. The lowest BCUT2D eigenvalue weighted by Gasteiger charge is -2.22. The van der Waals surface area contributed by atoms with Crippen LogP contribution in [0.3, 0.4) is 0 Å². The van der Waals surface area contributed by atoms with Crippen LogP contribution in [0.1, 0.15) is 18.9 Å². The fraction of sp³-hybridized carbons (Fsp3) is 0.333. The molecule has 0 saturated carbocycles. The second-order valence-electron chi connectivity index (χ2n) is 4.05. The highest BCUT2D eigenvalue weighted by molar-refractivity contribution is 9.11. The lowest BCUT2D eigenvalue weighted by molar-refractivity contribution is -0.130. The standard InChI is InChI=1S/C12H12Br2O3/c1-12(16-4-5-17-12)3-2-8-6-9(13)11(15)10(14)7-8/h4-7,15H,2-3H2,1H3. The van der Waals surface area contributed by atoms with Crippen molar-refractivity contribution in [1.82, 2.24) is 0 Å². The normalized spacial score (nSPS) is 16.6. The van der Waals surface area contributed by atoms with Gasteiger partial charge in [-0.3, -0.25) is 0 Å². The smallest absolute Gasteiger partial charge is 0.247 e. The van der Waals surface area contributed by atoms with Gasteiger partial charge in [0.15, 0.2) is 0 Å². The molecule has 5 heteroatoms.